The van der Waals surface area contributed by atoms with Gasteiger partial charge in [-0.05, 0) is 68.0 Å². The largest absolute Gasteiger partial charge is 0.460 e. The van der Waals surface area contributed by atoms with E-state index in [1.807, 2.05) is 0 Å². The maximum absolute atomic E-state index is 16.1. The zero-order valence-electron chi connectivity index (χ0n) is 70.1. The summed E-state index contributed by atoms with van der Waals surface area (Å²) in [5, 5.41) is -11.3. The third kappa shape index (κ3) is 18.9. The first-order valence-electron chi connectivity index (χ1n) is 37.3. The fourth-order valence-electron chi connectivity index (χ4n) is 13.6. The van der Waals surface area contributed by atoms with Crippen LogP contribution in [-0.4, -0.2) is 223 Å². The van der Waals surface area contributed by atoms with Crippen molar-refractivity contribution in [3.8, 4) is 11.1 Å². The number of hydrogen-bond acceptors (Lipinski definition) is 0. The van der Waals surface area contributed by atoms with Crippen LogP contribution < -0.4 is 20.7 Å². The number of fused-ring (bicyclic) bond motifs is 2. The Bertz CT molecular complexity index is 4970. The van der Waals surface area contributed by atoms with Crippen molar-refractivity contribution < 1.29 is 299 Å². The normalized spacial score (nSPS) is 16.4. The van der Waals surface area contributed by atoms with Gasteiger partial charge >= 0.3 is 191 Å². The molecule has 0 aliphatic carbocycles. The second-order valence-corrected chi connectivity index (χ2v) is 55.3. The molecule has 4 aromatic rings. The summed E-state index contributed by atoms with van der Waals surface area (Å²) in [6.45, 7) is 3.12. The molecule has 0 aromatic heterocycles. The van der Waals surface area contributed by atoms with Gasteiger partial charge in [0.15, 0.2) is 0 Å². The highest BCUT2D eigenvalue weighted by molar-refractivity contribution is 9.08. The van der Waals surface area contributed by atoms with Crippen molar-refractivity contribution in [2.24, 2.45) is 0 Å². The van der Waals surface area contributed by atoms with Crippen LogP contribution in [0.2, 0.25) is 76.6 Å². The van der Waals surface area contributed by atoms with E-state index in [1.54, 1.807) is 0 Å². The van der Waals surface area contributed by atoms with Crippen LogP contribution in [0.1, 0.15) is 36.8 Å². The maximum Gasteiger partial charge on any atom is 0.460 e. The van der Waals surface area contributed by atoms with Gasteiger partial charge in [0.25, 0.3) is 0 Å². The minimum absolute atomic E-state index is 0.242. The lowest BCUT2D eigenvalue weighted by Crippen LogP contribution is -2.74. The first kappa shape index (κ1) is 131. The molecule has 0 radical (unpaired) electrons. The van der Waals surface area contributed by atoms with Crippen LogP contribution in [0.5, 0.6) is 0 Å². The number of benzene rings is 4. The lowest BCUT2D eigenvalue weighted by atomic mass is 9.87. The molecule has 144 heavy (non-hydrogen) atoms. The van der Waals surface area contributed by atoms with E-state index >= 15 is 105 Å². The molecule has 0 spiro atoms. The minimum atomic E-state index is -9.32. The lowest BCUT2D eigenvalue weighted by molar-refractivity contribution is -0.461. The molecule has 74 heteroatoms. The molecule has 0 atom stereocenters. The van der Waals surface area contributed by atoms with E-state index in [2.05, 4.69) is 31.9 Å². The monoisotopic (exact) mass is 2450 g/mol. The summed E-state index contributed by atoms with van der Waals surface area (Å²) in [5.41, 5.74) is -3.70. The first-order valence-corrected chi connectivity index (χ1v) is 52.4. The zero-order valence-corrected chi connectivity index (χ0v) is 77.3. The summed E-state index contributed by atoms with van der Waals surface area (Å²) in [5.74, 6) is -246. The van der Waals surface area contributed by atoms with Gasteiger partial charge in [-0.2, -0.15) is 299 Å². The highest BCUT2D eigenvalue weighted by Crippen LogP contribution is 2.72. The molecule has 0 amide bonds. The van der Waals surface area contributed by atoms with Crippen molar-refractivity contribution in [3.05, 3.63) is 59.7 Å². The summed E-state index contributed by atoms with van der Waals surface area (Å²) in [6, 6.07) is -6.55. The number of hydrogen-bond donors (Lipinski definition) is 0. The smallest absolute Gasteiger partial charge is 0.200 e. The fraction of sp³-hybridized carbons (Fsp3) is 0.714. The SMILES string of the molecule is C[Si](C)(CCC(F)(F)C(F)(F)C(F)(F)C(F)(F)C(F)(F)C(F)(F)C(F)(F)C(F)(F)F)c1ccc2c(-c3c(CBr)cc([Si](C)(C)CCC(F)(F)C(F)(F)C(F)(F)C(F)(F)C(F)(F)C(F)(F)C(F)(F)C(F)(F)F)c4cc([Si](C)(C)CCC(F)(F)C(F)(F)C(F)(F)C(F)(F)C(F)(F)C(F)(F)C(F)(F)C(F)(F)F)ccc34)c(CBr)cc([Si](C)(C)CCC(F)(F)C(F)(F)C(F)(F)C(F)(F)C(F)(F)C(F)(F)C(F)(F)C(F)(F)F)c2c1. The Hall–Kier alpha value is -5.53. The van der Waals surface area contributed by atoms with Crippen molar-refractivity contribution in [1.29, 1.82) is 0 Å². The van der Waals surface area contributed by atoms with Crippen molar-refractivity contribution in [1.82, 2.24) is 0 Å². The van der Waals surface area contributed by atoms with Gasteiger partial charge in [-0.1, -0.05) is 154 Å². The van der Waals surface area contributed by atoms with Crippen LogP contribution in [-0.2, 0) is 10.7 Å². The quantitative estimate of drug-likeness (QED) is 0.0235. The van der Waals surface area contributed by atoms with Crippen molar-refractivity contribution >= 4 is 106 Å². The lowest BCUT2D eigenvalue weighted by Gasteiger charge is -2.43. The van der Waals surface area contributed by atoms with Crippen LogP contribution in [0.3, 0.4) is 0 Å². The molecule has 4 aromatic carbocycles. The molecule has 0 saturated heterocycles. The molecule has 0 unspecified atom stereocenters. The molecule has 0 saturated carbocycles. The summed E-state index contributed by atoms with van der Waals surface area (Å²) in [4.78, 5) is 0. The molecule has 0 bridgehead atoms. The first-order chi connectivity index (χ1) is 62.1. The van der Waals surface area contributed by atoms with E-state index in [-0.39, 0.29) is 12.1 Å². The standard InChI is InChI=1S/C70H52Br2F68Si4/c1-141(2,17-13-39(73,74)43(81,82)47(89,90)51(97,98)55(105,106)59(113,114)63(121,122)67(129,130)131)29-9-11-31-33(23-29)35(143(5,6)19-15-41(77,78)45(85,86)49(93,94)53(101,102)57(109,110)61(117,118)65(125,126)69(135,136)137)21-27(25-71)37(31)38-28(26-72)22-36(144(7,8)20-16-42(79,80)46(87,88)50(95,96)54(103,104)58(111,112)62(119,120)66(127,128)70(138,139)140)34-24-30(10-12-32(34)38)142(3,4)18-14-40(75,76)44(83,84)48(91,92)52(99,100)56(107,108)60(115,116)64(123,124)68(132,133)134/h9-12,21-24H,13-20,25-26H2,1-8H3. The third-order valence-corrected chi connectivity index (χ3v) is 38.1. The summed E-state index contributed by atoms with van der Waals surface area (Å²) >= 11 is 5.53. The van der Waals surface area contributed by atoms with Crippen LogP contribution >= 0.6 is 31.9 Å². The van der Waals surface area contributed by atoms with Gasteiger partial charge in [0.05, 0.1) is 32.3 Å². The Morgan fingerprint density at radius 3 is 0.458 bits per heavy atom. The summed E-state index contributed by atoms with van der Waals surface area (Å²) < 4.78 is 986. The Kier molecular flexibility index (Phi) is 33.2. The predicted molar refractivity (Wildman–Crippen MR) is 381 cm³/mol. The third-order valence-electron chi connectivity index (χ3n) is 23.4. The van der Waals surface area contributed by atoms with Gasteiger partial charge in [-0.25, -0.2) is 0 Å². The molecule has 0 nitrogen and oxygen atoms in total. The van der Waals surface area contributed by atoms with E-state index in [0.717, 1.165) is 0 Å². The molecule has 0 aliphatic rings. The Balaban J connectivity index is 2.38. The van der Waals surface area contributed by atoms with Crippen LogP contribution in [0.4, 0.5) is 299 Å². The average Bonchev–Trinajstić information content (AvgIpc) is 0.699. The van der Waals surface area contributed by atoms with Crippen molar-refractivity contribution in [3.63, 3.8) is 0 Å². The van der Waals surface area contributed by atoms with E-state index in [9.17, 15) is 193 Å². The number of rotatable bonds is 43. The molecular formula is C70H52Br2F68Si4. The molecule has 0 aliphatic heterocycles. The zero-order chi connectivity index (χ0) is 116. The highest BCUT2D eigenvalue weighted by Gasteiger charge is 3.01. The molecule has 4 rings (SSSR count). The maximum atomic E-state index is 16.1. The molecule has 0 heterocycles. The van der Waals surface area contributed by atoms with Crippen LogP contribution in [0, 0.1) is 0 Å². The Morgan fingerprint density at radius 2 is 0.312 bits per heavy atom. The predicted octanol–water partition coefficient (Wildman–Crippen LogP) is 32.7. The van der Waals surface area contributed by atoms with Gasteiger partial charge in [-0.3, -0.25) is 0 Å². The van der Waals surface area contributed by atoms with Crippen molar-refractivity contribution in [2.45, 2.75) is 303 Å². The van der Waals surface area contributed by atoms with Gasteiger partial charge in [-0.15, -0.1) is 0 Å². The topological polar surface area (TPSA) is 0 Å². The minimum Gasteiger partial charge on any atom is -0.200 e. The summed E-state index contributed by atoms with van der Waals surface area (Å²) in [7, 11) is -21.0. The van der Waals surface area contributed by atoms with E-state index in [4.69, 9.17) is 0 Å². The van der Waals surface area contributed by atoms with Gasteiger partial charge in [0.1, 0.15) is 0 Å². The van der Waals surface area contributed by atoms with Gasteiger partial charge < -0.3 is 0 Å². The Labute approximate surface area is 777 Å². The molecular weight excluding hydrogens is 2400 g/mol. The number of halogens is 70. The molecule has 838 valence electrons. The van der Waals surface area contributed by atoms with Crippen molar-refractivity contribution in [2.75, 3.05) is 0 Å². The molecule has 0 N–H and O–H groups in total. The number of alkyl halides is 70. The van der Waals surface area contributed by atoms with Gasteiger partial charge in [0, 0.05) is 36.3 Å². The average molecular weight is 2460 g/mol. The van der Waals surface area contributed by atoms with E-state index in [0.29, 0.717) is 88.8 Å². The summed E-state index contributed by atoms with van der Waals surface area (Å²) in [6.07, 6.45) is -46.9. The second kappa shape index (κ2) is 36.6. The fourth-order valence-corrected chi connectivity index (χ4v) is 24.5. The molecule has 0 fully saturated rings. The van der Waals surface area contributed by atoms with E-state index in [1.165, 1.54) is 0 Å². The second-order valence-electron chi connectivity index (χ2n) is 34.8. The van der Waals surface area contributed by atoms with Crippen LogP contribution in [0.25, 0.3) is 32.7 Å². The van der Waals surface area contributed by atoms with Gasteiger partial charge in [0.2, 0.25) is 0 Å². The van der Waals surface area contributed by atoms with Crippen LogP contribution in [0.15, 0.2) is 48.5 Å². The Morgan fingerprint density at radius 1 is 0.174 bits per heavy atom. The van der Waals surface area contributed by atoms with E-state index < -0.39 is 348 Å². The highest BCUT2D eigenvalue weighted by atomic mass is 79.9.